The SMILES string of the molecule is CN(C)c1ccc(-c2nnc(C3CCN(c4nccc(C(F)(F)F)n4)C3)o2)cc1. The van der Waals surface area contributed by atoms with Crippen LogP contribution in [0.2, 0.25) is 0 Å². The number of hydrogen-bond donors (Lipinski definition) is 0. The number of hydrogen-bond acceptors (Lipinski definition) is 7. The lowest BCUT2D eigenvalue weighted by Crippen LogP contribution is -2.23. The van der Waals surface area contributed by atoms with Crippen molar-refractivity contribution in [2.45, 2.75) is 18.5 Å². The number of anilines is 2. The van der Waals surface area contributed by atoms with Crippen molar-refractivity contribution in [3.05, 3.63) is 48.1 Å². The minimum Gasteiger partial charge on any atom is -0.420 e. The van der Waals surface area contributed by atoms with E-state index < -0.39 is 11.9 Å². The summed E-state index contributed by atoms with van der Waals surface area (Å²) in [6.45, 7) is 0.934. The van der Waals surface area contributed by atoms with E-state index >= 15 is 0 Å². The van der Waals surface area contributed by atoms with Crippen LogP contribution in [0.4, 0.5) is 24.8 Å². The van der Waals surface area contributed by atoms with Gasteiger partial charge >= 0.3 is 6.18 Å². The van der Waals surface area contributed by atoms with Gasteiger partial charge in [-0.25, -0.2) is 9.97 Å². The molecule has 2 aromatic heterocycles. The average Bonchev–Trinajstić information content (AvgIpc) is 3.37. The number of benzene rings is 1. The Hall–Kier alpha value is -3.17. The molecule has 29 heavy (non-hydrogen) atoms. The maximum Gasteiger partial charge on any atom is 0.433 e. The molecule has 1 saturated heterocycles. The second kappa shape index (κ2) is 7.34. The number of nitrogens with zero attached hydrogens (tertiary/aromatic N) is 6. The predicted octanol–water partition coefficient (Wildman–Crippen LogP) is 3.61. The first kappa shape index (κ1) is 19.2. The van der Waals surface area contributed by atoms with Gasteiger partial charge in [0, 0.05) is 44.6 Å². The lowest BCUT2D eigenvalue weighted by molar-refractivity contribution is -0.141. The molecule has 1 aromatic carbocycles. The van der Waals surface area contributed by atoms with Crippen LogP contribution in [-0.4, -0.2) is 47.4 Å². The van der Waals surface area contributed by atoms with Crippen molar-refractivity contribution < 1.29 is 17.6 Å². The molecule has 1 aliphatic heterocycles. The molecule has 10 heteroatoms. The van der Waals surface area contributed by atoms with Gasteiger partial charge in [0.1, 0.15) is 5.69 Å². The Morgan fingerprint density at radius 1 is 1.10 bits per heavy atom. The van der Waals surface area contributed by atoms with E-state index in [4.69, 9.17) is 4.42 Å². The smallest absolute Gasteiger partial charge is 0.420 e. The maximum absolute atomic E-state index is 12.9. The van der Waals surface area contributed by atoms with Crippen LogP contribution < -0.4 is 9.80 Å². The molecule has 1 fully saturated rings. The highest BCUT2D eigenvalue weighted by Crippen LogP contribution is 2.32. The summed E-state index contributed by atoms with van der Waals surface area (Å²) in [6.07, 6.45) is -2.71. The summed E-state index contributed by atoms with van der Waals surface area (Å²) in [4.78, 5) is 11.3. The lowest BCUT2D eigenvalue weighted by atomic mass is 10.1. The van der Waals surface area contributed by atoms with Crippen molar-refractivity contribution in [1.82, 2.24) is 20.2 Å². The number of rotatable bonds is 4. The van der Waals surface area contributed by atoms with Crippen molar-refractivity contribution in [3.8, 4) is 11.5 Å². The van der Waals surface area contributed by atoms with Crippen LogP contribution in [0.3, 0.4) is 0 Å². The summed E-state index contributed by atoms with van der Waals surface area (Å²) in [5.41, 5.74) is 0.915. The van der Waals surface area contributed by atoms with E-state index in [1.807, 2.05) is 43.3 Å². The van der Waals surface area contributed by atoms with Crippen molar-refractivity contribution in [1.29, 1.82) is 0 Å². The molecule has 0 spiro atoms. The highest BCUT2D eigenvalue weighted by atomic mass is 19.4. The maximum atomic E-state index is 12.9. The second-order valence-electron chi connectivity index (χ2n) is 7.06. The second-order valence-corrected chi connectivity index (χ2v) is 7.06. The van der Waals surface area contributed by atoms with Gasteiger partial charge in [0.25, 0.3) is 0 Å². The van der Waals surface area contributed by atoms with E-state index in [9.17, 15) is 13.2 Å². The Morgan fingerprint density at radius 3 is 2.55 bits per heavy atom. The molecule has 0 saturated carbocycles. The molecule has 7 nitrogen and oxygen atoms in total. The minimum atomic E-state index is -4.50. The third kappa shape index (κ3) is 4.01. The van der Waals surface area contributed by atoms with Gasteiger partial charge in [-0.1, -0.05) is 0 Å². The van der Waals surface area contributed by atoms with Gasteiger partial charge in [-0.15, -0.1) is 10.2 Å². The Bertz CT molecular complexity index is 986. The normalized spacial score (nSPS) is 17.0. The minimum absolute atomic E-state index is 0.0568. The fraction of sp³-hybridized carbons (Fsp3) is 0.368. The monoisotopic (exact) mass is 404 g/mol. The van der Waals surface area contributed by atoms with Crippen molar-refractivity contribution in [2.24, 2.45) is 0 Å². The Balaban J connectivity index is 1.48. The van der Waals surface area contributed by atoms with Gasteiger partial charge in [0.2, 0.25) is 17.7 Å². The first-order valence-electron chi connectivity index (χ1n) is 9.07. The van der Waals surface area contributed by atoms with Gasteiger partial charge in [-0.3, -0.25) is 0 Å². The zero-order valence-corrected chi connectivity index (χ0v) is 15.9. The molecule has 3 aromatic rings. The van der Waals surface area contributed by atoms with Crippen LogP contribution in [0.15, 0.2) is 40.9 Å². The average molecular weight is 404 g/mol. The zero-order valence-electron chi connectivity index (χ0n) is 15.9. The molecule has 0 bridgehead atoms. The first-order chi connectivity index (χ1) is 13.8. The number of halogens is 3. The summed E-state index contributed by atoms with van der Waals surface area (Å²) in [5.74, 6) is 0.849. The topological polar surface area (TPSA) is 71.2 Å². The zero-order chi connectivity index (χ0) is 20.6. The first-order valence-corrected chi connectivity index (χ1v) is 9.07. The van der Waals surface area contributed by atoms with E-state index in [1.165, 1.54) is 0 Å². The van der Waals surface area contributed by atoms with E-state index in [0.29, 0.717) is 31.3 Å². The quantitative estimate of drug-likeness (QED) is 0.658. The van der Waals surface area contributed by atoms with Gasteiger partial charge in [0.15, 0.2) is 0 Å². The summed E-state index contributed by atoms with van der Waals surface area (Å²) >= 11 is 0. The highest BCUT2D eigenvalue weighted by Gasteiger charge is 2.35. The lowest BCUT2D eigenvalue weighted by Gasteiger charge is -2.16. The molecule has 1 unspecified atom stereocenters. The van der Waals surface area contributed by atoms with Crippen LogP contribution in [0.1, 0.15) is 23.9 Å². The molecule has 0 aliphatic carbocycles. The molecule has 3 heterocycles. The third-order valence-electron chi connectivity index (χ3n) is 4.82. The number of alkyl halides is 3. The summed E-state index contributed by atoms with van der Waals surface area (Å²) in [7, 11) is 3.92. The van der Waals surface area contributed by atoms with Crippen LogP contribution in [0.5, 0.6) is 0 Å². The van der Waals surface area contributed by atoms with Crippen molar-refractivity contribution in [2.75, 3.05) is 37.0 Å². The van der Waals surface area contributed by atoms with Crippen molar-refractivity contribution >= 4 is 11.6 Å². The molecule has 152 valence electrons. The van der Waals surface area contributed by atoms with Gasteiger partial charge in [-0.05, 0) is 36.8 Å². The van der Waals surface area contributed by atoms with E-state index in [-0.39, 0.29) is 11.9 Å². The molecular weight excluding hydrogens is 385 g/mol. The molecule has 0 amide bonds. The Morgan fingerprint density at radius 2 is 1.86 bits per heavy atom. The van der Waals surface area contributed by atoms with Crippen molar-refractivity contribution in [3.63, 3.8) is 0 Å². The van der Waals surface area contributed by atoms with E-state index in [1.54, 1.807) is 4.90 Å². The molecule has 1 atom stereocenters. The fourth-order valence-electron chi connectivity index (χ4n) is 3.22. The summed E-state index contributed by atoms with van der Waals surface area (Å²) in [5, 5.41) is 8.26. The Labute approximate surface area is 165 Å². The fourth-order valence-corrected chi connectivity index (χ4v) is 3.22. The van der Waals surface area contributed by atoms with E-state index in [2.05, 4.69) is 20.2 Å². The summed E-state index contributed by atoms with van der Waals surface area (Å²) < 4.78 is 44.5. The van der Waals surface area contributed by atoms with Gasteiger partial charge in [-0.2, -0.15) is 13.2 Å². The van der Waals surface area contributed by atoms with Gasteiger partial charge < -0.3 is 14.2 Å². The molecule has 1 aliphatic rings. The van der Waals surface area contributed by atoms with E-state index in [0.717, 1.165) is 23.5 Å². The largest absolute Gasteiger partial charge is 0.433 e. The molecular formula is C19H19F3N6O. The molecule has 0 N–H and O–H groups in total. The van der Waals surface area contributed by atoms with Crippen LogP contribution >= 0.6 is 0 Å². The molecule has 0 radical (unpaired) electrons. The van der Waals surface area contributed by atoms with Crippen LogP contribution in [-0.2, 0) is 6.18 Å². The van der Waals surface area contributed by atoms with Crippen LogP contribution in [0, 0.1) is 0 Å². The van der Waals surface area contributed by atoms with Crippen LogP contribution in [0.25, 0.3) is 11.5 Å². The van der Waals surface area contributed by atoms with Gasteiger partial charge in [0.05, 0.1) is 5.92 Å². The number of aromatic nitrogens is 4. The highest BCUT2D eigenvalue weighted by molar-refractivity contribution is 5.58. The third-order valence-corrected chi connectivity index (χ3v) is 4.82. The molecule has 4 rings (SSSR count). The standard InChI is InChI=1S/C19H19F3N6O/c1-27(2)14-5-3-12(4-6-14)16-25-26-17(29-16)13-8-10-28(11-13)18-23-9-7-15(24-18)19(20,21)22/h3-7,9,13H,8,10-11H2,1-2H3. The predicted molar refractivity (Wildman–Crippen MR) is 101 cm³/mol. The Kier molecular flexibility index (Phi) is 4.85. The summed E-state index contributed by atoms with van der Waals surface area (Å²) in [6, 6.07) is 8.60.